The van der Waals surface area contributed by atoms with Gasteiger partial charge in [0, 0.05) is 6.42 Å². The van der Waals surface area contributed by atoms with Crippen LogP contribution in [-0.4, -0.2) is 12.1 Å². The molecule has 0 aromatic rings. The van der Waals surface area contributed by atoms with Crippen LogP contribution >= 0.6 is 0 Å². The molecule has 1 atom stereocenters. The van der Waals surface area contributed by atoms with Gasteiger partial charge in [-0.3, -0.25) is 4.79 Å². The molecule has 0 bridgehead atoms. The molecule has 0 heterocycles. The molecule has 0 saturated heterocycles. The lowest BCUT2D eigenvalue weighted by atomic mass is 10.0. The van der Waals surface area contributed by atoms with Crippen molar-refractivity contribution >= 4 is 5.91 Å². The quantitative estimate of drug-likeness (QED) is 0.219. The molecule has 0 aromatic heterocycles. The molecule has 1 unspecified atom stereocenters. The van der Waals surface area contributed by atoms with E-state index < -0.39 is 6.17 Å². The molecule has 0 aliphatic carbocycles. The zero-order valence-corrected chi connectivity index (χ0v) is 17.0. The molecule has 148 valence electrons. The summed E-state index contributed by atoms with van der Waals surface area (Å²) in [6.45, 7) is 6.46. The number of amides is 1. The number of nitroso groups, excluding NO2 is 1. The van der Waals surface area contributed by atoms with E-state index in [9.17, 15) is 9.70 Å². The van der Waals surface area contributed by atoms with E-state index in [4.69, 9.17) is 0 Å². The van der Waals surface area contributed by atoms with Gasteiger partial charge in [-0.1, -0.05) is 97.8 Å². The topological polar surface area (TPSA) is 58.5 Å². The lowest BCUT2D eigenvalue weighted by molar-refractivity contribution is -0.121. The van der Waals surface area contributed by atoms with Crippen molar-refractivity contribution in [3.8, 4) is 0 Å². The average Bonchev–Trinajstić information content (AvgIpc) is 2.59. The Hall–Kier alpha value is -0.930. The molecule has 0 aliphatic heterocycles. The van der Waals surface area contributed by atoms with Gasteiger partial charge in [0.1, 0.15) is 0 Å². The van der Waals surface area contributed by atoms with E-state index in [1.165, 1.54) is 70.6 Å². The summed E-state index contributed by atoms with van der Waals surface area (Å²) < 4.78 is 0. The van der Waals surface area contributed by atoms with E-state index in [1.54, 1.807) is 0 Å². The maximum absolute atomic E-state index is 11.6. The smallest absolute Gasteiger partial charge is 0.221 e. The predicted molar refractivity (Wildman–Crippen MR) is 107 cm³/mol. The molecule has 0 rings (SSSR count). The fraction of sp³-hybridized carbons (Fsp3) is 0.952. The third kappa shape index (κ3) is 17.7. The molecular formula is C21H42N2O2. The number of unbranched alkanes of at least 4 members (excludes halogenated alkanes) is 11. The molecular weight excluding hydrogens is 312 g/mol. The van der Waals surface area contributed by atoms with Gasteiger partial charge < -0.3 is 5.32 Å². The van der Waals surface area contributed by atoms with Crippen molar-refractivity contribution < 1.29 is 4.79 Å². The molecule has 0 aromatic carbocycles. The van der Waals surface area contributed by atoms with Crippen LogP contribution in [0, 0.1) is 10.8 Å². The summed E-state index contributed by atoms with van der Waals surface area (Å²) in [6.07, 6.45) is 17.5. The Morgan fingerprint density at radius 2 is 1.24 bits per heavy atom. The van der Waals surface area contributed by atoms with E-state index in [-0.39, 0.29) is 5.91 Å². The molecule has 25 heavy (non-hydrogen) atoms. The molecule has 0 radical (unpaired) electrons. The summed E-state index contributed by atoms with van der Waals surface area (Å²) in [7, 11) is 0. The lowest BCUT2D eigenvalue weighted by Gasteiger charge is -2.08. The van der Waals surface area contributed by atoms with Crippen LogP contribution in [0.4, 0.5) is 0 Å². The lowest BCUT2D eigenvalue weighted by Crippen LogP contribution is -2.32. The first kappa shape index (κ1) is 24.1. The number of nitrogens with one attached hydrogen (secondary N) is 1. The van der Waals surface area contributed by atoms with Gasteiger partial charge in [-0.05, 0) is 23.9 Å². The maximum Gasteiger partial charge on any atom is 0.221 e. The minimum absolute atomic E-state index is 0.0418. The molecule has 0 fully saturated rings. The Morgan fingerprint density at radius 1 is 0.800 bits per heavy atom. The first-order chi connectivity index (χ1) is 12.1. The van der Waals surface area contributed by atoms with Gasteiger partial charge in [0.2, 0.25) is 5.91 Å². The highest BCUT2D eigenvalue weighted by Gasteiger charge is 2.09. The van der Waals surface area contributed by atoms with Gasteiger partial charge in [-0.15, -0.1) is 4.91 Å². The maximum atomic E-state index is 11.6. The zero-order chi connectivity index (χ0) is 18.8. The standard InChI is InChI=1S/C21H42N2O2/c1-4-20(23-25)22-21(24)18-16-14-12-10-8-6-5-7-9-11-13-15-17-19(2)3/h19-20H,4-18H2,1-3H3,(H,22,24). The van der Waals surface area contributed by atoms with E-state index in [0.717, 1.165) is 18.8 Å². The van der Waals surface area contributed by atoms with Crippen molar-refractivity contribution in [1.82, 2.24) is 5.32 Å². The minimum Gasteiger partial charge on any atom is -0.331 e. The predicted octanol–water partition coefficient (Wildman–Crippen LogP) is 6.72. The number of carbonyl (C=O) groups is 1. The summed E-state index contributed by atoms with van der Waals surface area (Å²) in [4.78, 5) is 22.0. The van der Waals surface area contributed by atoms with E-state index >= 15 is 0 Å². The van der Waals surface area contributed by atoms with Gasteiger partial charge in [0.15, 0.2) is 6.17 Å². The van der Waals surface area contributed by atoms with Crippen LogP contribution in [0.15, 0.2) is 5.18 Å². The molecule has 0 saturated carbocycles. The van der Waals surface area contributed by atoms with Crippen LogP contribution < -0.4 is 5.32 Å². The Bertz CT molecular complexity index is 319. The van der Waals surface area contributed by atoms with E-state index in [2.05, 4.69) is 24.3 Å². The third-order valence-electron chi connectivity index (χ3n) is 4.78. The molecule has 0 spiro atoms. The van der Waals surface area contributed by atoms with Gasteiger partial charge in [0.05, 0.1) is 0 Å². The molecule has 4 heteroatoms. The van der Waals surface area contributed by atoms with Crippen LogP contribution in [0.1, 0.15) is 117 Å². The van der Waals surface area contributed by atoms with E-state index in [0.29, 0.717) is 12.8 Å². The Kier molecular flexibility index (Phi) is 17.2. The average molecular weight is 355 g/mol. The first-order valence-corrected chi connectivity index (χ1v) is 10.7. The Balaban J connectivity index is 3.21. The van der Waals surface area contributed by atoms with Crippen molar-refractivity contribution in [3.63, 3.8) is 0 Å². The molecule has 0 aliphatic rings. The minimum atomic E-state index is -0.553. The molecule has 1 N–H and O–H groups in total. The van der Waals surface area contributed by atoms with Gasteiger partial charge in [0.25, 0.3) is 0 Å². The molecule has 1 amide bonds. The number of nitrogens with zero attached hydrogens (tertiary/aromatic N) is 1. The number of rotatable bonds is 18. The summed E-state index contributed by atoms with van der Waals surface area (Å²) in [5, 5.41) is 5.53. The van der Waals surface area contributed by atoms with Crippen LogP contribution in [-0.2, 0) is 4.79 Å². The van der Waals surface area contributed by atoms with Crippen LogP contribution in [0.3, 0.4) is 0 Å². The second-order valence-electron chi connectivity index (χ2n) is 7.77. The highest BCUT2D eigenvalue weighted by atomic mass is 16.3. The highest BCUT2D eigenvalue weighted by Crippen LogP contribution is 2.14. The molecule has 4 nitrogen and oxygen atoms in total. The first-order valence-electron chi connectivity index (χ1n) is 10.7. The second-order valence-corrected chi connectivity index (χ2v) is 7.77. The van der Waals surface area contributed by atoms with Crippen LogP contribution in [0.5, 0.6) is 0 Å². The van der Waals surface area contributed by atoms with Crippen LogP contribution in [0.25, 0.3) is 0 Å². The fourth-order valence-corrected chi connectivity index (χ4v) is 3.07. The fourth-order valence-electron chi connectivity index (χ4n) is 3.07. The zero-order valence-electron chi connectivity index (χ0n) is 17.0. The SMILES string of the molecule is CCC(N=O)NC(=O)CCCCCCCCCCCCCCC(C)C. The van der Waals surface area contributed by atoms with Gasteiger partial charge in [-0.25, -0.2) is 0 Å². The summed E-state index contributed by atoms with van der Waals surface area (Å²) >= 11 is 0. The normalized spacial score (nSPS) is 12.3. The second kappa shape index (κ2) is 17.9. The van der Waals surface area contributed by atoms with Crippen molar-refractivity contribution in [2.45, 2.75) is 123 Å². The summed E-state index contributed by atoms with van der Waals surface area (Å²) in [6, 6.07) is 0. The van der Waals surface area contributed by atoms with Gasteiger partial charge in [-0.2, -0.15) is 0 Å². The van der Waals surface area contributed by atoms with Gasteiger partial charge >= 0.3 is 0 Å². The van der Waals surface area contributed by atoms with Crippen molar-refractivity contribution in [2.24, 2.45) is 11.1 Å². The monoisotopic (exact) mass is 354 g/mol. The Labute approximate surface area is 155 Å². The number of hydrogen-bond donors (Lipinski definition) is 1. The number of carbonyl (C=O) groups excluding carboxylic acids is 1. The van der Waals surface area contributed by atoms with Crippen molar-refractivity contribution in [1.29, 1.82) is 0 Å². The summed E-state index contributed by atoms with van der Waals surface area (Å²) in [5.74, 6) is 0.816. The van der Waals surface area contributed by atoms with E-state index in [1.807, 2.05) is 6.92 Å². The van der Waals surface area contributed by atoms with Crippen LogP contribution in [0.2, 0.25) is 0 Å². The Morgan fingerprint density at radius 3 is 1.64 bits per heavy atom. The summed E-state index contributed by atoms with van der Waals surface area (Å²) in [5.41, 5.74) is 0. The highest BCUT2D eigenvalue weighted by molar-refractivity contribution is 5.76. The number of hydrogen-bond acceptors (Lipinski definition) is 3. The van der Waals surface area contributed by atoms with Crippen molar-refractivity contribution in [2.75, 3.05) is 0 Å². The third-order valence-corrected chi connectivity index (χ3v) is 4.78. The largest absolute Gasteiger partial charge is 0.331 e. The van der Waals surface area contributed by atoms with Crippen molar-refractivity contribution in [3.05, 3.63) is 4.91 Å².